The van der Waals surface area contributed by atoms with Crippen LogP contribution in [0, 0.1) is 20.2 Å². The third kappa shape index (κ3) is 2.90. The molecule has 0 saturated carbocycles. The number of carbonyl (C=O) groups is 1. The number of carbonyl (C=O) groups excluding carboxylic acids is 1. The summed E-state index contributed by atoms with van der Waals surface area (Å²) < 4.78 is 0. The van der Waals surface area contributed by atoms with E-state index in [-0.39, 0.29) is 23.6 Å². The first-order valence-corrected chi connectivity index (χ1v) is 7.11. The highest BCUT2D eigenvalue weighted by Gasteiger charge is 2.34. The van der Waals surface area contributed by atoms with Crippen molar-refractivity contribution in [3.05, 3.63) is 44.0 Å². The lowest BCUT2D eigenvalue weighted by Crippen LogP contribution is -2.39. The minimum Gasteiger partial charge on any atom is -0.333 e. The number of nitro groups is 2. The van der Waals surface area contributed by atoms with Gasteiger partial charge >= 0.3 is 0 Å². The maximum Gasteiger partial charge on any atom is 0.277 e. The molecule has 0 bridgehead atoms. The van der Waals surface area contributed by atoms with E-state index in [1.165, 1.54) is 0 Å². The zero-order valence-corrected chi connectivity index (χ0v) is 12.4. The summed E-state index contributed by atoms with van der Waals surface area (Å²) in [5.74, 6) is -0.386. The Kier molecular flexibility index (Phi) is 4.39. The molecule has 1 amide bonds. The molecule has 1 heterocycles. The van der Waals surface area contributed by atoms with E-state index < -0.39 is 21.2 Å². The Bertz CT molecular complexity index is 599. The molecule has 22 heavy (non-hydrogen) atoms. The molecular weight excluding hydrogens is 290 g/mol. The van der Waals surface area contributed by atoms with Gasteiger partial charge in [0.25, 0.3) is 17.3 Å². The molecule has 8 nitrogen and oxygen atoms in total. The van der Waals surface area contributed by atoms with Crippen LogP contribution in [0.15, 0.2) is 18.2 Å². The molecule has 0 N–H and O–H groups in total. The van der Waals surface area contributed by atoms with E-state index in [2.05, 4.69) is 0 Å². The van der Waals surface area contributed by atoms with Gasteiger partial charge in [0.15, 0.2) is 0 Å². The fourth-order valence-electron chi connectivity index (χ4n) is 2.92. The van der Waals surface area contributed by atoms with Gasteiger partial charge in [0.05, 0.1) is 21.5 Å². The Hall–Kier alpha value is -2.51. The highest BCUT2D eigenvalue weighted by atomic mass is 16.6. The third-order valence-corrected chi connectivity index (χ3v) is 4.06. The van der Waals surface area contributed by atoms with Crippen molar-refractivity contribution in [2.24, 2.45) is 0 Å². The molecule has 2 unspecified atom stereocenters. The summed E-state index contributed by atoms with van der Waals surface area (Å²) in [4.78, 5) is 34.7. The molecule has 0 aliphatic carbocycles. The maximum absolute atomic E-state index is 12.7. The van der Waals surface area contributed by atoms with Gasteiger partial charge in [-0.25, -0.2) is 0 Å². The van der Waals surface area contributed by atoms with Gasteiger partial charge in [-0.2, -0.15) is 0 Å². The quantitative estimate of drug-likeness (QED) is 0.628. The average molecular weight is 307 g/mol. The molecule has 118 valence electrons. The first-order chi connectivity index (χ1) is 10.3. The van der Waals surface area contributed by atoms with E-state index >= 15 is 0 Å². The highest BCUT2D eigenvalue weighted by Crippen LogP contribution is 2.30. The molecule has 1 fully saturated rings. The number of benzene rings is 1. The number of hydrogen-bond acceptors (Lipinski definition) is 5. The Morgan fingerprint density at radius 1 is 1.18 bits per heavy atom. The van der Waals surface area contributed by atoms with Crippen molar-refractivity contribution in [1.29, 1.82) is 0 Å². The van der Waals surface area contributed by atoms with Crippen molar-refractivity contribution in [2.75, 3.05) is 0 Å². The van der Waals surface area contributed by atoms with E-state index in [4.69, 9.17) is 0 Å². The van der Waals surface area contributed by atoms with Crippen LogP contribution in [0.1, 0.15) is 43.5 Å². The number of hydrogen-bond donors (Lipinski definition) is 0. The van der Waals surface area contributed by atoms with Crippen molar-refractivity contribution in [3.8, 4) is 0 Å². The van der Waals surface area contributed by atoms with Crippen molar-refractivity contribution in [1.82, 2.24) is 4.90 Å². The number of amides is 1. The van der Waals surface area contributed by atoms with Crippen molar-refractivity contribution in [3.63, 3.8) is 0 Å². The summed E-state index contributed by atoms with van der Waals surface area (Å²) in [6.07, 6.45) is 2.52. The SMILES string of the molecule is CCC1CCC(C)N1C(=O)c1cc([N+](=O)[O-])cc([N+](=O)[O-])c1. The Balaban J connectivity index is 2.44. The predicted octanol–water partition coefficient (Wildman–Crippen LogP) is 2.91. The maximum atomic E-state index is 12.7. The van der Waals surface area contributed by atoms with Crippen molar-refractivity contribution >= 4 is 17.3 Å². The summed E-state index contributed by atoms with van der Waals surface area (Å²) in [6, 6.07) is 3.17. The van der Waals surface area contributed by atoms with Crippen LogP contribution < -0.4 is 0 Å². The van der Waals surface area contributed by atoms with Crippen LogP contribution in [-0.2, 0) is 0 Å². The second-order valence-electron chi connectivity index (χ2n) is 5.45. The Labute approximate surface area is 127 Å². The monoisotopic (exact) mass is 307 g/mol. The molecular formula is C14H17N3O5. The van der Waals surface area contributed by atoms with E-state index in [0.29, 0.717) is 0 Å². The summed E-state index contributed by atoms with van der Waals surface area (Å²) in [5, 5.41) is 21.8. The van der Waals surface area contributed by atoms with E-state index in [1.807, 2.05) is 13.8 Å². The summed E-state index contributed by atoms with van der Waals surface area (Å²) >= 11 is 0. The van der Waals surface area contributed by atoms with Crippen molar-refractivity contribution in [2.45, 2.75) is 45.2 Å². The van der Waals surface area contributed by atoms with Gasteiger partial charge in [0.2, 0.25) is 0 Å². The number of likely N-dealkylation sites (tertiary alicyclic amines) is 1. The molecule has 1 aromatic carbocycles. The fourth-order valence-corrected chi connectivity index (χ4v) is 2.92. The molecule has 1 aliphatic heterocycles. The van der Waals surface area contributed by atoms with Gasteiger partial charge in [-0.1, -0.05) is 6.92 Å². The molecule has 1 aromatic rings. The summed E-state index contributed by atoms with van der Waals surface area (Å²) in [5.41, 5.74) is -0.900. The van der Waals surface area contributed by atoms with Gasteiger partial charge in [-0.3, -0.25) is 25.0 Å². The number of nitro benzene ring substituents is 2. The van der Waals surface area contributed by atoms with Gasteiger partial charge in [0, 0.05) is 24.2 Å². The lowest BCUT2D eigenvalue weighted by Gasteiger charge is -2.28. The second kappa shape index (κ2) is 6.08. The lowest BCUT2D eigenvalue weighted by molar-refractivity contribution is -0.394. The normalized spacial score (nSPS) is 20.9. The van der Waals surface area contributed by atoms with E-state index in [0.717, 1.165) is 37.5 Å². The Morgan fingerprint density at radius 2 is 1.73 bits per heavy atom. The smallest absolute Gasteiger partial charge is 0.277 e. The number of non-ortho nitro benzene ring substituents is 2. The van der Waals surface area contributed by atoms with Crippen LogP contribution in [0.3, 0.4) is 0 Å². The molecule has 0 aromatic heterocycles. The molecule has 2 rings (SSSR count). The second-order valence-corrected chi connectivity index (χ2v) is 5.45. The lowest BCUT2D eigenvalue weighted by atomic mass is 10.1. The first kappa shape index (κ1) is 15.9. The van der Waals surface area contributed by atoms with Gasteiger partial charge in [0.1, 0.15) is 0 Å². The molecule has 1 aliphatic rings. The van der Waals surface area contributed by atoms with Gasteiger partial charge in [-0.15, -0.1) is 0 Å². The van der Waals surface area contributed by atoms with Crippen molar-refractivity contribution < 1.29 is 14.6 Å². The molecule has 8 heteroatoms. The topological polar surface area (TPSA) is 107 Å². The minimum absolute atomic E-state index is 0.00639. The summed E-state index contributed by atoms with van der Waals surface area (Å²) in [7, 11) is 0. The third-order valence-electron chi connectivity index (χ3n) is 4.06. The molecule has 0 spiro atoms. The molecule has 2 atom stereocenters. The standard InChI is InChI=1S/C14H17N3O5/c1-3-11-5-4-9(2)15(11)14(18)10-6-12(16(19)20)8-13(7-10)17(21)22/h6-9,11H,3-5H2,1-2H3. The van der Waals surface area contributed by atoms with Gasteiger partial charge < -0.3 is 4.90 Å². The van der Waals surface area contributed by atoms with Crippen LogP contribution in [0.25, 0.3) is 0 Å². The van der Waals surface area contributed by atoms with E-state index in [9.17, 15) is 25.0 Å². The minimum atomic E-state index is -0.728. The zero-order chi connectivity index (χ0) is 16.4. The predicted molar refractivity (Wildman–Crippen MR) is 78.7 cm³/mol. The van der Waals surface area contributed by atoms with Crippen LogP contribution in [0.5, 0.6) is 0 Å². The largest absolute Gasteiger partial charge is 0.333 e. The molecule has 0 radical (unpaired) electrons. The van der Waals surface area contributed by atoms with Crippen LogP contribution in [0.2, 0.25) is 0 Å². The fraction of sp³-hybridized carbons (Fsp3) is 0.500. The number of nitrogens with zero attached hydrogens (tertiary/aromatic N) is 3. The van der Waals surface area contributed by atoms with Crippen LogP contribution in [-0.4, -0.2) is 32.7 Å². The first-order valence-electron chi connectivity index (χ1n) is 7.11. The van der Waals surface area contributed by atoms with Crippen LogP contribution in [0.4, 0.5) is 11.4 Å². The Morgan fingerprint density at radius 3 is 2.18 bits per heavy atom. The molecule has 1 saturated heterocycles. The van der Waals surface area contributed by atoms with Crippen LogP contribution >= 0.6 is 0 Å². The van der Waals surface area contributed by atoms with Gasteiger partial charge in [-0.05, 0) is 26.2 Å². The van der Waals surface area contributed by atoms with E-state index in [1.54, 1.807) is 4.90 Å². The highest BCUT2D eigenvalue weighted by molar-refractivity contribution is 5.96. The summed E-state index contributed by atoms with van der Waals surface area (Å²) in [6.45, 7) is 3.89. The zero-order valence-electron chi connectivity index (χ0n) is 12.4. The number of rotatable bonds is 4. The average Bonchev–Trinajstić information content (AvgIpc) is 2.86.